The molecule has 0 amide bonds. The van der Waals surface area contributed by atoms with Crippen molar-refractivity contribution < 1.29 is 20.1 Å². The molecule has 0 bridgehead atoms. The van der Waals surface area contributed by atoms with Crippen molar-refractivity contribution in [1.29, 1.82) is 0 Å². The first-order chi connectivity index (χ1) is 5.04. The topological polar surface area (TPSA) is 95.9 Å². The summed E-state index contributed by atoms with van der Waals surface area (Å²) < 4.78 is 4.90. The molecule has 1 aliphatic rings. The molecule has 1 saturated heterocycles. The van der Waals surface area contributed by atoms with Gasteiger partial charge in [0.1, 0.15) is 24.5 Å². The van der Waals surface area contributed by atoms with Crippen molar-refractivity contribution in [2.45, 2.75) is 37.6 Å². The second kappa shape index (κ2) is 3.04. The summed E-state index contributed by atoms with van der Waals surface area (Å²) in [5, 5.41) is 27.3. The second-order valence-electron chi connectivity index (χ2n) is 2.78. The SMILES string of the molecule is CC1OC(N)[C@@H](O)C(O)[C@H]1O. The molecule has 3 unspecified atom stereocenters. The first-order valence-corrected chi connectivity index (χ1v) is 3.49. The van der Waals surface area contributed by atoms with Crippen molar-refractivity contribution in [2.75, 3.05) is 0 Å². The van der Waals surface area contributed by atoms with Crippen LogP contribution < -0.4 is 5.73 Å². The molecule has 5 nitrogen and oxygen atoms in total. The van der Waals surface area contributed by atoms with Crippen molar-refractivity contribution in [3.63, 3.8) is 0 Å². The van der Waals surface area contributed by atoms with Gasteiger partial charge in [-0.3, -0.25) is 0 Å². The fourth-order valence-corrected chi connectivity index (χ4v) is 1.08. The molecule has 1 rings (SSSR count). The van der Waals surface area contributed by atoms with Crippen molar-refractivity contribution in [3.8, 4) is 0 Å². The largest absolute Gasteiger partial charge is 0.388 e. The summed E-state index contributed by atoms with van der Waals surface area (Å²) in [6.45, 7) is 1.58. The summed E-state index contributed by atoms with van der Waals surface area (Å²) in [4.78, 5) is 0. The van der Waals surface area contributed by atoms with Crippen LogP contribution in [0.2, 0.25) is 0 Å². The number of ether oxygens (including phenoxy) is 1. The van der Waals surface area contributed by atoms with Crippen molar-refractivity contribution in [3.05, 3.63) is 0 Å². The van der Waals surface area contributed by atoms with E-state index in [0.29, 0.717) is 0 Å². The molecular weight excluding hydrogens is 150 g/mol. The lowest BCUT2D eigenvalue weighted by atomic mass is 9.99. The number of aliphatic hydroxyl groups is 3. The van der Waals surface area contributed by atoms with Crippen LogP contribution in [-0.2, 0) is 4.74 Å². The zero-order valence-corrected chi connectivity index (χ0v) is 6.21. The Labute approximate surface area is 64.4 Å². The highest BCUT2D eigenvalue weighted by molar-refractivity contribution is 4.87. The number of rotatable bonds is 0. The number of hydrogen-bond donors (Lipinski definition) is 4. The van der Waals surface area contributed by atoms with Crippen molar-refractivity contribution in [2.24, 2.45) is 5.73 Å². The van der Waals surface area contributed by atoms with Gasteiger partial charge in [-0.15, -0.1) is 0 Å². The lowest BCUT2D eigenvalue weighted by Crippen LogP contribution is -2.59. The van der Waals surface area contributed by atoms with Gasteiger partial charge in [0.2, 0.25) is 0 Å². The van der Waals surface area contributed by atoms with Crippen LogP contribution in [0, 0.1) is 0 Å². The Hall–Kier alpha value is -0.200. The highest BCUT2D eigenvalue weighted by atomic mass is 16.5. The van der Waals surface area contributed by atoms with E-state index < -0.39 is 30.6 Å². The first kappa shape index (κ1) is 8.89. The maximum absolute atomic E-state index is 9.14. The average Bonchev–Trinajstić information content (AvgIpc) is 1.97. The van der Waals surface area contributed by atoms with Crippen molar-refractivity contribution in [1.82, 2.24) is 0 Å². The van der Waals surface area contributed by atoms with Gasteiger partial charge in [0, 0.05) is 0 Å². The maximum atomic E-state index is 9.14. The Morgan fingerprint density at radius 1 is 1.09 bits per heavy atom. The van der Waals surface area contributed by atoms with Crippen molar-refractivity contribution >= 4 is 0 Å². The van der Waals surface area contributed by atoms with Gasteiger partial charge in [-0.05, 0) is 6.92 Å². The van der Waals surface area contributed by atoms with E-state index in [1.807, 2.05) is 0 Å². The van der Waals surface area contributed by atoms with Gasteiger partial charge >= 0.3 is 0 Å². The third-order valence-corrected chi connectivity index (χ3v) is 1.89. The normalized spacial score (nSPS) is 52.6. The van der Waals surface area contributed by atoms with E-state index in [1.54, 1.807) is 6.92 Å². The number of hydrogen-bond acceptors (Lipinski definition) is 5. The quantitative estimate of drug-likeness (QED) is 0.324. The van der Waals surface area contributed by atoms with Gasteiger partial charge in [-0.25, -0.2) is 0 Å². The van der Waals surface area contributed by atoms with E-state index in [1.165, 1.54) is 0 Å². The molecular formula is C6H13NO4. The summed E-state index contributed by atoms with van der Waals surface area (Å²) in [5.41, 5.74) is 5.28. The summed E-state index contributed by atoms with van der Waals surface area (Å²) in [6.07, 6.45) is -4.94. The Kier molecular flexibility index (Phi) is 2.46. The summed E-state index contributed by atoms with van der Waals surface area (Å²) in [7, 11) is 0. The molecule has 0 radical (unpaired) electrons. The van der Waals surface area contributed by atoms with Crippen LogP contribution in [0.25, 0.3) is 0 Å². The van der Waals surface area contributed by atoms with Gasteiger partial charge in [0.15, 0.2) is 0 Å². The summed E-state index contributed by atoms with van der Waals surface area (Å²) in [5.74, 6) is 0. The lowest BCUT2D eigenvalue weighted by Gasteiger charge is -2.37. The molecule has 66 valence electrons. The molecule has 0 aliphatic carbocycles. The molecule has 5 heteroatoms. The van der Waals surface area contributed by atoms with Gasteiger partial charge in [-0.1, -0.05) is 0 Å². The van der Waals surface area contributed by atoms with E-state index >= 15 is 0 Å². The van der Waals surface area contributed by atoms with Gasteiger partial charge < -0.3 is 25.8 Å². The Balaban J connectivity index is 2.63. The van der Waals surface area contributed by atoms with E-state index in [9.17, 15) is 0 Å². The predicted octanol–water partition coefficient (Wildman–Crippen LogP) is -2.23. The minimum atomic E-state index is -1.21. The summed E-state index contributed by atoms with van der Waals surface area (Å²) >= 11 is 0. The second-order valence-corrected chi connectivity index (χ2v) is 2.78. The van der Waals surface area contributed by atoms with Crippen LogP contribution in [0.4, 0.5) is 0 Å². The average molecular weight is 163 g/mol. The van der Waals surface area contributed by atoms with E-state index in [0.717, 1.165) is 0 Å². The number of nitrogens with two attached hydrogens (primary N) is 1. The molecule has 1 aliphatic heterocycles. The molecule has 5 atom stereocenters. The number of aliphatic hydroxyl groups excluding tert-OH is 3. The lowest BCUT2D eigenvalue weighted by molar-refractivity contribution is -0.215. The van der Waals surface area contributed by atoms with Gasteiger partial charge in [0.05, 0.1) is 6.10 Å². The first-order valence-electron chi connectivity index (χ1n) is 3.49. The Morgan fingerprint density at radius 3 is 2.18 bits per heavy atom. The molecule has 0 saturated carbocycles. The standard InChI is InChI=1S/C6H13NO4/c1-2-3(8)4(9)5(10)6(7)11-2/h2-6,8-10H,7H2,1H3/t2?,3-,4?,5-,6?/m0/s1. The molecule has 1 fully saturated rings. The van der Waals surface area contributed by atoms with Crippen LogP contribution in [0.15, 0.2) is 0 Å². The van der Waals surface area contributed by atoms with Crippen LogP contribution in [0.1, 0.15) is 6.92 Å². The monoisotopic (exact) mass is 163 g/mol. The predicted molar refractivity (Wildman–Crippen MR) is 36.5 cm³/mol. The molecule has 1 heterocycles. The highest BCUT2D eigenvalue weighted by Gasteiger charge is 2.39. The fraction of sp³-hybridized carbons (Fsp3) is 1.00. The zero-order valence-electron chi connectivity index (χ0n) is 6.21. The molecule has 0 spiro atoms. The minimum absolute atomic E-state index is 0.539. The third-order valence-electron chi connectivity index (χ3n) is 1.89. The van der Waals surface area contributed by atoms with E-state index in [-0.39, 0.29) is 0 Å². The molecule has 5 N–H and O–H groups in total. The van der Waals surface area contributed by atoms with Crippen LogP contribution in [-0.4, -0.2) is 46.0 Å². The smallest absolute Gasteiger partial charge is 0.135 e. The fourth-order valence-electron chi connectivity index (χ4n) is 1.08. The van der Waals surface area contributed by atoms with Gasteiger partial charge in [-0.2, -0.15) is 0 Å². The Morgan fingerprint density at radius 2 is 1.64 bits per heavy atom. The molecule has 0 aromatic heterocycles. The van der Waals surface area contributed by atoms with E-state index in [4.69, 9.17) is 25.8 Å². The highest BCUT2D eigenvalue weighted by Crippen LogP contribution is 2.17. The molecule has 0 aromatic carbocycles. The molecule has 0 aromatic rings. The van der Waals surface area contributed by atoms with Gasteiger partial charge in [0.25, 0.3) is 0 Å². The van der Waals surface area contributed by atoms with Crippen LogP contribution >= 0.6 is 0 Å². The Bertz CT molecular complexity index is 129. The van der Waals surface area contributed by atoms with Crippen LogP contribution in [0.5, 0.6) is 0 Å². The van der Waals surface area contributed by atoms with Crippen LogP contribution in [0.3, 0.4) is 0 Å². The minimum Gasteiger partial charge on any atom is -0.388 e. The zero-order chi connectivity index (χ0) is 8.59. The summed E-state index contributed by atoms with van der Waals surface area (Å²) in [6, 6.07) is 0. The van der Waals surface area contributed by atoms with E-state index in [2.05, 4.69) is 0 Å². The molecule has 11 heavy (non-hydrogen) atoms. The maximum Gasteiger partial charge on any atom is 0.135 e. The third kappa shape index (κ3) is 1.52.